The second-order valence-electron chi connectivity index (χ2n) is 6.77. The predicted molar refractivity (Wildman–Crippen MR) is 95.9 cm³/mol. The highest BCUT2D eigenvalue weighted by molar-refractivity contribution is 8.77. The van der Waals surface area contributed by atoms with Gasteiger partial charge in [-0.05, 0) is 62.0 Å². The van der Waals surface area contributed by atoms with Gasteiger partial charge in [0.1, 0.15) is 5.03 Å². The van der Waals surface area contributed by atoms with Gasteiger partial charge in [-0.3, -0.25) is 0 Å². The van der Waals surface area contributed by atoms with Crippen LogP contribution < -0.4 is 0 Å². The summed E-state index contributed by atoms with van der Waals surface area (Å²) in [6.45, 7) is 14.4. The molecule has 0 aromatic carbocycles. The predicted octanol–water partition coefficient (Wildman–Crippen LogP) is 5.83. The topological polar surface area (TPSA) is 22.1 Å². The molecule has 0 saturated carbocycles. The standard InChI is InChI=1S/C17H29NOS2/c1-7-12-19-14(2)16(3,4)13-17(5,6)21-20-15-10-8-9-11-18-15/h8-11,14H,7,12-13H2,1-6H3. The molecular formula is C17H29NOS2. The van der Waals surface area contributed by atoms with Crippen molar-refractivity contribution in [3.05, 3.63) is 24.4 Å². The molecule has 1 heterocycles. The monoisotopic (exact) mass is 327 g/mol. The van der Waals surface area contributed by atoms with Crippen LogP contribution in [-0.4, -0.2) is 22.4 Å². The summed E-state index contributed by atoms with van der Waals surface area (Å²) in [4.78, 5) is 4.37. The Morgan fingerprint density at radius 3 is 2.52 bits per heavy atom. The lowest BCUT2D eigenvalue weighted by molar-refractivity contribution is -0.0196. The molecule has 0 radical (unpaired) electrons. The number of rotatable bonds is 9. The molecular weight excluding hydrogens is 298 g/mol. The Kier molecular flexibility index (Phi) is 7.58. The van der Waals surface area contributed by atoms with Crippen LogP contribution in [0.5, 0.6) is 0 Å². The maximum Gasteiger partial charge on any atom is 0.106 e. The second-order valence-corrected chi connectivity index (χ2v) is 9.63. The van der Waals surface area contributed by atoms with E-state index in [4.69, 9.17) is 4.74 Å². The first-order chi connectivity index (χ1) is 9.77. The zero-order valence-electron chi connectivity index (χ0n) is 14.2. The summed E-state index contributed by atoms with van der Waals surface area (Å²) in [6, 6.07) is 6.05. The smallest absolute Gasteiger partial charge is 0.106 e. The summed E-state index contributed by atoms with van der Waals surface area (Å²) in [6.07, 6.45) is 4.31. The van der Waals surface area contributed by atoms with Crippen LogP contribution in [0.1, 0.15) is 54.4 Å². The van der Waals surface area contributed by atoms with E-state index in [2.05, 4.69) is 52.6 Å². The molecule has 1 atom stereocenters. The van der Waals surface area contributed by atoms with E-state index in [0.29, 0.717) is 0 Å². The lowest BCUT2D eigenvalue weighted by Gasteiger charge is -2.38. The molecule has 0 aliphatic heterocycles. The van der Waals surface area contributed by atoms with Crippen molar-refractivity contribution in [2.75, 3.05) is 6.61 Å². The fourth-order valence-electron chi connectivity index (χ4n) is 2.34. The van der Waals surface area contributed by atoms with E-state index < -0.39 is 0 Å². The fraction of sp³-hybridized carbons (Fsp3) is 0.706. The van der Waals surface area contributed by atoms with E-state index in [1.54, 1.807) is 10.8 Å². The fourth-order valence-corrected chi connectivity index (χ4v) is 4.73. The Morgan fingerprint density at radius 1 is 1.24 bits per heavy atom. The molecule has 2 nitrogen and oxygen atoms in total. The summed E-state index contributed by atoms with van der Waals surface area (Å²) in [7, 11) is 3.66. The van der Waals surface area contributed by atoms with Crippen LogP contribution in [0.15, 0.2) is 29.4 Å². The minimum absolute atomic E-state index is 0.163. The average Bonchev–Trinajstić information content (AvgIpc) is 2.42. The minimum Gasteiger partial charge on any atom is -0.378 e. The van der Waals surface area contributed by atoms with Crippen molar-refractivity contribution in [2.45, 2.75) is 70.3 Å². The van der Waals surface area contributed by atoms with Crippen molar-refractivity contribution in [1.29, 1.82) is 0 Å². The molecule has 0 N–H and O–H groups in total. The maximum atomic E-state index is 5.94. The largest absolute Gasteiger partial charge is 0.378 e. The zero-order valence-corrected chi connectivity index (χ0v) is 15.8. The van der Waals surface area contributed by atoms with Gasteiger partial charge in [0.2, 0.25) is 0 Å². The lowest BCUT2D eigenvalue weighted by Crippen LogP contribution is -2.35. The van der Waals surface area contributed by atoms with Gasteiger partial charge in [-0.15, -0.1) is 0 Å². The van der Waals surface area contributed by atoms with Crippen molar-refractivity contribution < 1.29 is 4.74 Å². The van der Waals surface area contributed by atoms with E-state index in [-0.39, 0.29) is 16.3 Å². The SMILES string of the molecule is CCCOC(C)C(C)(C)CC(C)(C)SSc1ccccn1. The third kappa shape index (κ3) is 7.07. The molecule has 0 amide bonds. The number of hydrogen-bond donors (Lipinski definition) is 0. The molecule has 4 heteroatoms. The first-order valence-corrected chi connectivity index (χ1v) is 9.80. The second kappa shape index (κ2) is 8.44. The summed E-state index contributed by atoms with van der Waals surface area (Å²) in [5.74, 6) is 0. The van der Waals surface area contributed by atoms with Gasteiger partial charge in [0.25, 0.3) is 0 Å². The quantitative estimate of drug-likeness (QED) is 0.532. The minimum atomic E-state index is 0.163. The molecule has 0 aliphatic rings. The van der Waals surface area contributed by atoms with E-state index in [9.17, 15) is 0 Å². The van der Waals surface area contributed by atoms with Gasteiger partial charge in [0.05, 0.1) is 6.10 Å². The van der Waals surface area contributed by atoms with E-state index >= 15 is 0 Å². The van der Waals surface area contributed by atoms with Crippen LogP contribution in [0.25, 0.3) is 0 Å². The Labute approximate surface area is 138 Å². The van der Waals surface area contributed by atoms with Crippen LogP contribution in [0.2, 0.25) is 0 Å². The maximum absolute atomic E-state index is 5.94. The molecule has 21 heavy (non-hydrogen) atoms. The molecule has 0 fully saturated rings. The van der Waals surface area contributed by atoms with Gasteiger partial charge in [0, 0.05) is 17.6 Å². The summed E-state index contributed by atoms with van der Waals surface area (Å²) in [5, 5.41) is 1.07. The molecule has 0 bridgehead atoms. The summed E-state index contributed by atoms with van der Waals surface area (Å²) in [5.41, 5.74) is 0.163. The normalized spacial score (nSPS) is 14.2. The molecule has 0 spiro atoms. The van der Waals surface area contributed by atoms with Crippen LogP contribution in [0.3, 0.4) is 0 Å². The molecule has 1 aromatic rings. The number of pyridine rings is 1. The number of ether oxygens (including phenoxy) is 1. The van der Waals surface area contributed by atoms with Gasteiger partial charge in [0.15, 0.2) is 0 Å². The van der Waals surface area contributed by atoms with Crippen molar-refractivity contribution >= 4 is 21.6 Å². The van der Waals surface area contributed by atoms with Crippen molar-refractivity contribution in [2.24, 2.45) is 5.41 Å². The van der Waals surface area contributed by atoms with E-state index in [1.165, 1.54) is 0 Å². The number of aromatic nitrogens is 1. The van der Waals surface area contributed by atoms with Gasteiger partial charge in [-0.1, -0.05) is 37.6 Å². The van der Waals surface area contributed by atoms with Gasteiger partial charge in [-0.2, -0.15) is 0 Å². The molecule has 1 unspecified atom stereocenters. The van der Waals surface area contributed by atoms with Crippen LogP contribution in [-0.2, 0) is 4.74 Å². The molecule has 0 aliphatic carbocycles. The average molecular weight is 328 g/mol. The highest BCUT2D eigenvalue weighted by Gasteiger charge is 2.34. The zero-order chi connectivity index (χ0) is 15.9. The molecule has 1 aromatic heterocycles. The number of hydrogen-bond acceptors (Lipinski definition) is 4. The summed E-state index contributed by atoms with van der Waals surface area (Å²) >= 11 is 0. The highest BCUT2D eigenvalue weighted by Crippen LogP contribution is 2.46. The Morgan fingerprint density at radius 2 is 1.95 bits per heavy atom. The van der Waals surface area contributed by atoms with Crippen LogP contribution in [0.4, 0.5) is 0 Å². The molecule has 1 rings (SSSR count). The molecule has 120 valence electrons. The van der Waals surface area contributed by atoms with Gasteiger partial charge >= 0.3 is 0 Å². The third-order valence-corrected chi connectivity index (χ3v) is 6.75. The Hall–Kier alpha value is -0.190. The summed E-state index contributed by atoms with van der Waals surface area (Å²) < 4.78 is 6.11. The Bertz CT molecular complexity index is 407. The van der Waals surface area contributed by atoms with Crippen LogP contribution >= 0.6 is 21.6 Å². The highest BCUT2D eigenvalue weighted by atomic mass is 33.1. The molecule has 0 saturated heterocycles. The Balaban J connectivity index is 2.53. The van der Waals surface area contributed by atoms with Crippen LogP contribution in [0, 0.1) is 5.41 Å². The van der Waals surface area contributed by atoms with Crippen molar-refractivity contribution in [3.8, 4) is 0 Å². The van der Waals surface area contributed by atoms with Gasteiger partial charge in [-0.25, -0.2) is 4.98 Å². The first-order valence-electron chi connectivity index (χ1n) is 7.65. The van der Waals surface area contributed by atoms with Crippen molar-refractivity contribution in [1.82, 2.24) is 4.98 Å². The van der Waals surface area contributed by atoms with Crippen molar-refractivity contribution in [3.63, 3.8) is 0 Å². The lowest BCUT2D eigenvalue weighted by atomic mass is 9.79. The van der Waals surface area contributed by atoms with Gasteiger partial charge < -0.3 is 4.74 Å². The van der Waals surface area contributed by atoms with E-state index in [0.717, 1.165) is 24.5 Å². The first kappa shape index (κ1) is 18.9. The number of nitrogens with zero attached hydrogens (tertiary/aromatic N) is 1. The van der Waals surface area contributed by atoms with E-state index in [1.807, 2.05) is 29.1 Å². The third-order valence-electron chi connectivity index (χ3n) is 3.54.